The Hall–Kier alpha value is -1.16. The van der Waals surface area contributed by atoms with Gasteiger partial charge < -0.3 is 14.8 Å². The Kier molecular flexibility index (Phi) is 6.93. The number of guanidine groups is 1. The summed E-state index contributed by atoms with van der Waals surface area (Å²) in [6.07, 6.45) is 4.31. The Labute approximate surface area is 127 Å². The van der Waals surface area contributed by atoms with Crippen LogP contribution in [-0.4, -0.2) is 36.1 Å². The zero-order valence-corrected chi connectivity index (χ0v) is 14.0. The largest absolute Gasteiger partial charge is 0.356 e. The molecule has 0 unspecified atom stereocenters. The third-order valence-electron chi connectivity index (χ3n) is 3.75. The molecule has 114 valence electrons. The maximum atomic E-state index is 6.02. The van der Waals surface area contributed by atoms with Crippen molar-refractivity contribution in [2.45, 2.75) is 33.2 Å². The summed E-state index contributed by atoms with van der Waals surface area (Å²) in [7, 11) is 5.88. The highest BCUT2D eigenvalue weighted by Gasteiger charge is 2.11. The van der Waals surface area contributed by atoms with Crippen molar-refractivity contribution in [3.05, 3.63) is 23.0 Å². The summed E-state index contributed by atoms with van der Waals surface area (Å²) in [5.74, 6) is 1.62. The van der Waals surface area contributed by atoms with Crippen molar-refractivity contribution in [1.82, 2.24) is 14.8 Å². The molecule has 0 aliphatic rings. The lowest BCUT2D eigenvalue weighted by atomic mass is 10.0. The Morgan fingerprint density at radius 1 is 1.45 bits per heavy atom. The zero-order valence-electron chi connectivity index (χ0n) is 13.3. The highest BCUT2D eigenvalue weighted by molar-refractivity contribution is 6.30. The Morgan fingerprint density at radius 3 is 2.55 bits per heavy atom. The molecule has 20 heavy (non-hydrogen) atoms. The van der Waals surface area contributed by atoms with Gasteiger partial charge in [0.25, 0.3) is 0 Å². The number of aliphatic imine (C=N–C) groups is 1. The Morgan fingerprint density at radius 2 is 2.10 bits per heavy atom. The first-order valence-corrected chi connectivity index (χ1v) is 7.62. The molecule has 0 bridgehead atoms. The maximum absolute atomic E-state index is 6.02. The van der Waals surface area contributed by atoms with Crippen molar-refractivity contribution in [3.8, 4) is 0 Å². The minimum absolute atomic E-state index is 0.699. The van der Waals surface area contributed by atoms with Gasteiger partial charge in [-0.05, 0) is 12.0 Å². The van der Waals surface area contributed by atoms with E-state index in [-0.39, 0.29) is 0 Å². The van der Waals surface area contributed by atoms with E-state index in [1.165, 1.54) is 18.5 Å². The standard InChI is InChI=1S/C15H27ClN4/c1-6-12(7-2)9-18-15(17-3)20(5)11-14-8-13(16)10-19(14)4/h8,10,12H,6-7,9,11H2,1-5H3,(H,17,18). The third kappa shape index (κ3) is 4.75. The molecule has 0 atom stereocenters. The number of nitrogens with one attached hydrogen (secondary N) is 1. The van der Waals surface area contributed by atoms with E-state index in [0.29, 0.717) is 5.92 Å². The lowest BCUT2D eigenvalue weighted by molar-refractivity contribution is 0.433. The molecular weight excluding hydrogens is 272 g/mol. The van der Waals surface area contributed by atoms with E-state index < -0.39 is 0 Å². The number of hydrogen-bond donors (Lipinski definition) is 1. The lowest BCUT2D eigenvalue weighted by Gasteiger charge is -2.24. The lowest BCUT2D eigenvalue weighted by Crippen LogP contribution is -2.40. The molecule has 0 saturated carbocycles. The van der Waals surface area contributed by atoms with Gasteiger partial charge in [0.2, 0.25) is 0 Å². The van der Waals surface area contributed by atoms with Crippen LogP contribution in [0.1, 0.15) is 32.4 Å². The van der Waals surface area contributed by atoms with Crippen molar-refractivity contribution in [2.24, 2.45) is 18.0 Å². The Balaban J connectivity index is 2.59. The minimum Gasteiger partial charge on any atom is -0.356 e. The van der Waals surface area contributed by atoms with Gasteiger partial charge in [0, 0.05) is 39.6 Å². The molecule has 4 nitrogen and oxygen atoms in total. The summed E-state index contributed by atoms with van der Waals surface area (Å²) in [4.78, 5) is 6.47. The van der Waals surface area contributed by atoms with Crippen LogP contribution in [0.25, 0.3) is 0 Å². The predicted molar refractivity (Wildman–Crippen MR) is 87.3 cm³/mol. The van der Waals surface area contributed by atoms with Gasteiger partial charge in [-0.1, -0.05) is 38.3 Å². The summed E-state index contributed by atoms with van der Waals surface area (Å²) in [5.41, 5.74) is 1.17. The van der Waals surface area contributed by atoms with Crippen molar-refractivity contribution in [1.29, 1.82) is 0 Å². The summed E-state index contributed by atoms with van der Waals surface area (Å²) in [5, 5.41) is 4.23. The molecule has 0 fully saturated rings. The van der Waals surface area contributed by atoms with Gasteiger partial charge in [-0.15, -0.1) is 0 Å². The fourth-order valence-corrected chi connectivity index (χ4v) is 2.51. The van der Waals surface area contributed by atoms with Crippen LogP contribution in [0.2, 0.25) is 5.02 Å². The van der Waals surface area contributed by atoms with Crippen LogP contribution >= 0.6 is 11.6 Å². The van der Waals surface area contributed by atoms with E-state index in [1.807, 2.05) is 38.0 Å². The van der Waals surface area contributed by atoms with Gasteiger partial charge in [-0.2, -0.15) is 0 Å². The number of rotatable bonds is 6. The van der Waals surface area contributed by atoms with Crippen LogP contribution in [0, 0.1) is 5.92 Å². The number of aromatic nitrogens is 1. The van der Waals surface area contributed by atoms with E-state index in [2.05, 4.69) is 29.1 Å². The molecule has 1 aromatic rings. The first-order chi connectivity index (χ1) is 9.51. The zero-order chi connectivity index (χ0) is 15.1. The molecule has 0 radical (unpaired) electrons. The molecule has 0 aromatic carbocycles. The van der Waals surface area contributed by atoms with E-state index in [0.717, 1.165) is 24.1 Å². The molecule has 0 amide bonds. The van der Waals surface area contributed by atoms with Gasteiger partial charge in [-0.3, -0.25) is 4.99 Å². The molecule has 1 rings (SSSR count). The predicted octanol–water partition coefficient (Wildman–Crippen LogP) is 3.12. The van der Waals surface area contributed by atoms with Gasteiger partial charge in [0.05, 0.1) is 11.6 Å². The summed E-state index contributed by atoms with van der Waals surface area (Å²) in [6, 6.07) is 1.99. The monoisotopic (exact) mass is 298 g/mol. The molecular formula is C15H27ClN4. The Bertz CT molecular complexity index is 435. The fourth-order valence-electron chi connectivity index (χ4n) is 2.24. The van der Waals surface area contributed by atoms with Crippen LogP contribution in [0.5, 0.6) is 0 Å². The van der Waals surface area contributed by atoms with Gasteiger partial charge in [-0.25, -0.2) is 0 Å². The topological polar surface area (TPSA) is 32.6 Å². The van der Waals surface area contributed by atoms with Crippen LogP contribution < -0.4 is 5.32 Å². The molecule has 0 aliphatic heterocycles. The molecule has 0 spiro atoms. The molecule has 0 saturated heterocycles. The van der Waals surface area contributed by atoms with E-state index in [1.54, 1.807) is 0 Å². The van der Waals surface area contributed by atoms with Crippen molar-refractivity contribution in [3.63, 3.8) is 0 Å². The second-order valence-corrected chi connectivity index (χ2v) is 5.66. The smallest absolute Gasteiger partial charge is 0.193 e. The van der Waals surface area contributed by atoms with Crippen LogP contribution in [0.4, 0.5) is 0 Å². The van der Waals surface area contributed by atoms with Crippen molar-refractivity contribution < 1.29 is 0 Å². The second kappa shape index (κ2) is 8.20. The van der Waals surface area contributed by atoms with Crippen LogP contribution in [0.3, 0.4) is 0 Å². The quantitative estimate of drug-likeness (QED) is 0.646. The third-order valence-corrected chi connectivity index (χ3v) is 3.96. The number of hydrogen-bond acceptors (Lipinski definition) is 1. The first-order valence-electron chi connectivity index (χ1n) is 7.24. The SMILES string of the molecule is CCC(CC)CNC(=NC)N(C)Cc1cc(Cl)cn1C. The number of nitrogens with zero attached hydrogens (tertiary/aromatic N) is 3. The fraction of sp³-hybridized carbons (Fsp3) is 0.667. The van der Waals surface area contributed by atoms with Crippen molar-refractivity contribution in [2.75, 3.05) is 20.6 Å². The summed E-state index contributed by atoms with van der Waals surface area (Å²) >= 11 is 6.02. The molecule has 1 N–H and O–H groups in total. The molecule has 1 heterocycles. The van der Waals surface area contributed by atoms with Gasteiger partial charge in [0.1, 0.15) is 0 Å². The van der Waals surface area contributed by atoms with Crippen LogP contribution in [0.15, 0.2) is 17.3 Å². The highest BCUT2D eigenvalue weighted by Crippen LogP contribution is 2.14. The average Bonchev–Trinajstić information content (AvgIpc) is 2.73. The first kappa shape index (κ1) is 16.9. The van der Waals surface area contributed by atoms with Crippen LogP contribution in [-0.2, 0) is 13.6 Å². The van der Waals surface area contributed by atoms with Gasteiger partial charge >= 0.3 is 0 Å². The maximum Gasteiger partial charge on any atom is 0.193 e. The summed E-state index contributed by atoms with van der Waals surface area (Å²) in [6.45, 7) is 6.21. The highest BCUT2D eigenvalue weighted by atomic mass is 35.5. The number of aryl methyl sites for hydroxylation is 1. The molecule has 5 heteroatoms. The van der Waals surface area contributed by atoms with E-state index in [4.69, 9.17) is 11.6 Å². The molecule has 1 aromatic heterocycles. The summed E-state index contributed by atoms with van der Waals surface area (Å²) < 4.78 is 2.05. The van der Waals surface area contributed by atoms with Crippen molar-refractivity contribution >= 4 is 17.6 Å². The normalized spacial score (nSPS) is 12.1. The van der Waals surface area contributed by atoms with E-state index in [9.17, 15) is 0 Å². The van der Waals surface area contributed by atoms with Gasteiger partial charge in [0.15, 0.2) is 5.96 Å². The minimum atomic E-state index is 0.699. The number of halogens is 1. The van der Waals surface area contributed by atoms with E-state index >= 15 is 0 Å². The molecule has 0 aliphatic carbocycles. The average molecular weight is 299 g/mol. The second-order valence-electron chi connectivity index (χ2n) is 5.23.